The summed E-state index contributed by atoms with van der Waals surface area (Å²) in [5, 5.41) is 11.0. The van der Waals surface area contributed by atoms with E-state index in [1.165, 1.54) is 18.3 Å². The van der Waals surface area contributed by atoms with Crippen LogP contribution in [0.25, 0.3) is 11.0 Å². The van der Waals surface area contributed by atoms with Crippen molar-refractivity contribution in [1.29, 1.82) is 0 Å². The van der Waals surface area contributed by atoms with Crippen molar-refractivity contribution in [1.82, 2.24) is 9.55 Å². The van der Waals surface area contributed by atoms with Gasteiger partial charge in [-0.2, -0.15) is 0 Å². The Morgan fingerprint density at radius 2 is 2.17 bits per heavy atom. The van der Waals surface area contributed by atoms with Crippen molar-refractivity contribution in [3.05, 3.63) is 34.6 Å². The van der Waals surface area contributed by atoms with Gasteiger partial charge in [-0.1, -0.05) is 13.8 Å². The SMILES string of the molecule is CC.O=[N+]([O-])c1cn(CC(F)F)c2ncccc12. The smallest absolute Gasteiger partial charge is 0.296 e. The molecule has 2 heterocycles. The van der Waals surface area contributed by atoms with Crippen LogP contribution in [0.1, 0.15) is 13.8 Å². The number of pyridine rings is 1. The topological polar surface area (TPSA) is 61.0 Å². The minimum absolute atomic E-state index is 0.203. The van der Waals surface area contributed by atoms with Gasteiger partial charge in [0, 0.05) is 6.20 Å². The molecule has 0 saturated heterocycles. The molecule has 0 saturated carbocycles. The first-order chi connectivity index (χ1) is 8.59. The fraction of sp³-hybridized carbons (Fsp3) is 0.364. The van der Waals surface area contributed by atoms with Crippen LogP contribution in [0.15, 0.2) is 24.5 Å². The molecule has 98 valence electrons. The first-order valence-corrected chi connectivity index (χ1v) is 5.46. The molecule has 0 aliphatic carbocycles. The molecular formula is C11H13F2N3O2. The molecule has 2 aromatic heterocycles. The molecule has 5 nitrogen and oxygen atoms in total. The van der Waals surface area contributed by atoms with Crippen LogP contribution in [0.5, 0.6) is 0 Å². The van der Waals surface area contributed by atoms with Gasteiger partial charge in [0.1, 0.15) is 5.65 Å². The first kappa shape index (κ1) is 14.0. The monoisotopic (exact) mass is 257 g/mol. The number of halogens is 2. The average molecular weight is 257 g/mol. The molecule has 2 aromatic rings. The number of aromatic nitrogens is 2. The maximum atomic E-state index is 12.2. The molecule has 0 aliphatic rings. The second-order valence-corrected chi connectivity index (χ2v) is 3.19. The molecular weight excluding hydrogens is 244 g/mol. The molecule has 0 bridgehead atoms. The Morgan fingerprint density at radius 3 is 2.72 bits per heavy atom. The Hall–Kier alpha value is -2.05. The van der Waals surface area contributed by atoms with Crippen molar-refractivity contribution in [2.24, 2.45) is 0 Å². The highest BCUT2D eigenvalue weighted by molar-refractivity contribution is 5.86. The maximum absolute atomic E-state index is 12.2. The molecule has 2 rings (SSSR count). The van der Waals surface area contributed by atoms with E-state index in [0.29, 0.717) is 0 Å². The van der Waals surface area contributed by atoms with Crippen molar-refractivity contribution in [2.45, 2.75) is 26.8 Å². The van der Waals surface area contributed by atoms with Gasteiger partial charge in [0.2, 0.25) is 0 Å². The molecule has 0 radical (unpaired) electrons. The Morgan fingerprint density at radius 1 is 1.50 bits per heavy atom. The van der Waals surface area contributed by atoms with E-state index >= 15 is 0 Å². The third-order valence-corrected chi connectivity index (χ3v) is 2.14. The van der Waals surface area contributed by atoms with E-state index in [1.807, 2.05) is 13.8 Å². The third kappa shape index (κ3) is 2.79. The van der Waals surface area contributed by atoms with E-state index in [1.54, 1.807) is 0 Å². The van der Waals surface area contributed by atoms with Crippen LogP contribution >= 0.6 is 0 Å². The van der Waals surface area contributed by atoms with Gasteiger partial charge in [-0.3, -0.25) is 10.1 Å². The Bertz CT molecular complexity index is 540. The molecule has 0 fully saturated rings. The number of alkyl halides is 2. The van der Waals surface area contributed by atoms with Crippen molar-refractivity contribution in [3.63, 3.8) is 0 Å². The summed E-state index contributed by atoms with van der Waals surface area (Å²) in [5.41, 5.74) is -0.00162. The van der Waals surface area contributed by atoms with Crippen molar-refractivity contribution in [3.8, 4) is 0 Å². The number of hydrogen-bond donors (Lipinski definition) is 0. The van der Waals surface area contributed by atoms with Gasteiger partial charge < -0.3 is 4.57 Å². The van der Waals surface area contributed by atoms with Crippen LogP contribution < -0.4 is 0 Å². The van der Waals surface area contributed by atoms with Gasteiger partial charge in [-0.05, 0) is 12.1 Å². The van der Waals surface area contributed by atoms with Gasteiger partial charge >= 0.3 is 0 Å². The summed E-state index contributed by atoms with van der Waals surface area (Å²) in [6, 6.07) is 3.02. The summed E-state index contributed by atoms with van der Waals surface area (Å²) in [5.74, 6) is 0. The van der Waals surface area contributed by atoms with Crippen LogP contribution in [0.4, 0.5) is 14.5 Å². The molecule has 0 spiro atoms. The molecule has 0 aromatic carbocycles. The predicted octanol–water partition coefficient (Wildman–Crippen LogP) is 3.24. The standard InChI is InChI=1S/C9H7F2N3O2.C2H6/c10-8(11)5-13-4-7(14(15)16)6-2-1-3-12-9(6)13;1-2/h1-4,8H,5H2;1-2H3. The van der Waals surface area contributed by atoms with Gasteiger partial charge in [0.05, 0.1) is 23.1 Å². The quantitative estimate of drug-likeness (QED) is 0.626. The van der Waals surface area contributed by atoms with E-state index in [-0.39, 0.29) is 16.7 Å². The van der Waals surface area contributed by atoms with E-state index in [4.69, 9.17) is 0 Å². The molecule has 0 unspecified atom stereocenters. The first-order valence-electron chi connectivity index (χ1n) is 5.46. The van der Waals surface area contributed by atoms with Gasteiger partial charge in [0.25, 0.3) is 12.1 Å². The van der Waals surface area contributed by atoms with E-state index in [2.05, 4.69) is 4.98 Å². The van der Waals surface area contributed by atoms with Crippen LogP contribution in [0.3, 0.4) is 0 Å². The Labute approximate surface area is 102 Å². The summed E-state index contributed by atoms with van der Waals surface area (Å²) >= 11 is 0. The number of hydrogen-bond acceptors (Lipinski definition) is 3. The van der Waals surface area contributed by atoms with E-state index in [9.17, 15) is 18.9 Å². The second kappa shape index (κ2) is 6.04. The number of nitro groups is 1. The highest BCUT2D eigenvalue weighted by Crippen LogP contribution is 2.26. The zero-order valence-electron chi connectivity index (χ0n) is 10.0. The van der Waals surface area contributed by atoms with Crippen LogP contribution in [0, 0.1) is 10.1 Å². The number of rotatable bonds is 3. The molecule has 0 amide bonds. The average Bonchev–Trinajstić information content (AvgIpc) is 2.71. The van der Waals surface area contributed by atoms with Crippen molar-refractivity contribution >= 4 is 16.7 Å². The minimum Gasteiger partial charge on any atom is -0.320 e. The summed E-state index contributed by atoms with van der Waals surface area (Å²) < 4.78 is 25.6. The Kier molecular flexibility index (Phi) is 4.70. The molecule has 0 atom stereocenters. The largest absolute Gasteiger partial charge is 0.320 e. The van der Waals surface area contributed by atoms with Crippen LogP contribution in [-0.4, -0.2) is 20.9 Å². The van der Waals surface area contributed by atoms with Crippen LogP contribution in [0.2, 0.25) is 0 Å². The molecule has 0 aliphatic heterocycles. The van der Waals surface area contributed by atoms with Crippen molar-refractivity contribution in [2.75, 3.05) is 0 Å². The minimum atomic E-state index is -2.57. The summed E-state index contributed by atoms with van der Waals surface area (Å²) in [4.78, 5) is 13.9. The fourth-order valence-corrected chi connectivity index (χ4v) is 1.54. The summed E-state index contributed by atoms with van der Waals surface area (Å²) in [6.07, 6.45) is -0.0742. The predicted molar refractivity (Wildman–Crippen MR) is 63.7 cm³/mol. The highest BCUT2D eigenvalue weighted by atomic mass is 19.3. The van der Waals surface area contributed by atoms with E-state index < -0.39 is 17.9 Å². The zero-order chi connectivity index (χ0) is 13.7. The Balaban J connectivity index is 0.000000771. The lowest BCUT2D eigenvalue weighted by Crippen LogP contribution is -2.05. The summed E-state index contributed by atoms with van der Waals surface area (Å²) in [6.45, 7) is 3.40. The van der Waals surface area contributed by atoms with Crippen molar-refractivity contribution < 1.29 is 13.7 Å². The van der Waals surface area contributed by atoms with Gasteiger partial charge in [-0.25, -0.2) is 13.8 Å². The van der Waals surface area contributed by atoms with Crippen LogP contribution in [-0.2, 0) is 6.54 Å². The number of fused-ring (bicyclic) bond motifs is 1. The fourth-order valence-electron chi connectivity index (χ4n) is 1.54. The highest BCUT2D eigenvalue weighted by Gasteiger charge is 2.19. The second-order valence-electron chi connectivity index (χ2n) is 3.19. The number of nitrogens with zero attached hydrogens (tertiary/aromatic N) is 3. The lowest BCUT2D eigenvalue weighted by Gasteiger charge is -2.01. The lowest BCUT2D eigenvalue weighted by molar-refractivity contribution is -0.383. The zero-order valence-corrected chi connectivity index (χ0v) is 10.0. The normalized spacial score (nSPS) is 10.3. The van der Waals surface area contributed by atoms with E-state index in [0.717, 1.165) is 10.8 Å². The lowest BCUT2D eigenvalue weighted by atomic mass is 10.3. The van der Waals surface area contributed by atoms with Gasteiger partial charge in [0.15, 0.2) is 0 Å². The third-order valence-electron chi connectivity index (χ3n) is 2.14. The maximum Gasteiger partial charge on any atom is 0.296 e. The molecule has 7 heteroatoms. The van der Waals surface area contributed by atoms with Gasteiger partial charge in [-0.15, -0.1) is 0 Å². The summed E-state index contributed by atoms with van der Waals surface area (Å²) in [7, 11) is 0. The molecule has 0 N–H and O–H groups in total. The molecule has 18 heavy (non-hydrogen) atoms.